The minimum Gasteiger partial charge on any atom is -1.00 e. The number of fused-ring (bicyclic) bond motifs is 1. The molecular formula is C18H19IN2OS. The highest BCUT2D eigenvalue weighted by Gasteiger charge is 2.13. The first-order valence-corrected chi connectivity index (χ1v) is 7.96. The number of aromatic nitrogens is 1. The van der Waals surface area contributed by atoms with E-state index in [1.165, 1.54) is 15.2 Å². The number of nitrogens with one attached hydrogen (secondary N) is 1. The molecule has 0 amide bonds. The largest absolute Gasteiger partial charge is 1.00 e. The lowest BCUT2D eigenvalue weighted by atomic mass is 10.1. The van der Waals surface area contributed by atoms with E-state index in [1.807, 2.05) is 19.2 Å². The molecule has 2 aromatic carbocycles. The standard InChI is InChI=1S/C18H18N2OS.HI/c1-19-14-10-8-13(12-16(14)21-3)9-11-18-20(2)15-6-4-5-7-17(15)22-18;/h4-12H,1-3H3;1H. The number of hydrogen-bond donors (Lipinski definition) is 1. The normalized spacial score (nSPS) is 10.7. The summed E-state index contributed by atoms with van der Waals surface area (Å²) in [6.07, 6.45) is 4.27. The van der Waals surface area contributed by atoms with Crippen molar-refractivity contribution in [3.63, 3.8) is 0 Å². The van der Waals surface area contributed by atoms with E-state index in [9.17, 15) is 0 Å². The molecule has 1 heterocycles. The van der Waals surface area contributed by atoms with Crippen molar-refractivity contribution in [2.45, 2.75) is 0 Å². The van der Waals surface area contributed by atoms with Crippen LogP contribution in [0.3, 0.4) is 0 Å². The third-order valence-corrected chi connectivity index (χ3v) is 4.87. The first-order chi connectivity index (χ1) is 10.7. The van der Waals surface area contributed by atoms with Crippen molar-refractivity contribution >= 4 is 39.4 Å². The van der Waals surface area contributed by atoms with Crippen LogP contribution < -0.4 is 38.6 Å². The fourth-order valence-electron chi connectivity index (χ4n) is 2.45. The second-order valence-corrected chi connectivity index (χ2v) is 6.07. The van der Waals surface area contributed by atoms with Gasteiger partial charge in [0.1, 0.15) is 17.5 Å². The minimum atomic E-state index is 0. The number of nitrogens with zero attached hydrogens (tertiary/aromatic N) is 1. The van der Waals surface area contributed by atoms with E-state index in [2.05, 4.69) is 59.4 Å². The van der Waals surface area contributed by atoms with E-state index in [4.69, 9.17) is 4.74 Å². The molecule has 0 atom stereocenters. The second-order valence-electron chi connectivity index (χ2n) is 5.01. The van der Waals surface area contributed by atoms with Crippen molar-refractivity contribution in [2.75, 3.05) is 19.5 Å². The summed E-state index contributed by atoms with van der Waals surface area (Å²) in [5, 5.41) is 4.34. The van der Waals surface area contributed by atoms with Crippen LogP contribution in [0.2, 0.25) is 0 Å². The molecule has 0 saturated carbocycles. The first kappa shape index (κ1) is 17.7. The van der Waals surface area contributed by atoms with E-state index in [0.29, 0.717) is 0 Å². The molecule has 0 aliphatic carbocycles. The third-order valence-electron chi connectivity index (χ3n) is 3.68. The maximum absolute atomic E-state index is 5.40. The lowest BCUT2D eigenvalue weighted by Crippen LogP contribution is -3.00. The molecule has 3 aromatic rings. The van der Waals surface area contributed by atoms with Crippen molar-refractivity contribution in [3.8, 4) is 5.75 Å². The quantitative estimate of drug-likeness (QED) is 0.485. The Balaban J connectivity index is 0.00000192. The van der Waals surface area contributed by atoms with E-state index < -0.39 is 0 Å². The zero-order chi connectivity index (χ0) is 15.5. The monoisotopic (exact) mass is 438 g/mol. The summed E-state index contributed by atoms with van der Waals surface area (Å²) in [6, 6.07) is 14.6. The average Bonchev–Trinajstić information content (AvgIpc) is 2.89. The zero-order valence-electron chi connectivity index (χ0n) is 13.3. The number of benzene rings is 2. The molecule has 0 aliphatic heterocycles. The summed E-state index contributed by atoms with van der Waals surface area (Å²) in [5.41, 5.74) is 3.37. The van der Waals surface area contributed by atoms with Crippen molar-refractivity contribution in [2.24, 2.45) is 7.05 Å². The van der Waals surface area contributed by atoms with E-state index in [0.717, 1.165) is 17.0 Å². The molecule has 120 valence electrons. The van der Waals surface area contributed by atoms with Crippen LogP contribution in [0, 0.1) is 0 Å². The van der Waals surface area contributed by atoms with Gasteiger partial charge in [0.25, 0.3) is 5.01 Å². The Morgan fingerprint density at radius 3 is 2.61 bits per heavy atom. The van der Waals surface area contributed by atoms with Crippen LogP contribution in [0.25, 0.3) is 22.4 Å². The Morgan fingerprint density at radius 2 is 1.91 bits per heavy atom. The second kappa shape index (κ2) is 7.79. The van der Waals surface area contributed by atoms with Gasteiger partial charge >= 0.3 is 0 Å². The summed E-state index contributed by atoms with van der Waals surface area (Å²) < 4.78 is 8.92. The molecule has 5 heteroatoms. The number of aryl methyl sites for hydroxylation is 1. The molecule has 1 aromatic heterocycles. The smallest absolute Gasteiger partial charge is 0.262 e. The lowest BCUT2D eigenvalue weighted by molar-refractivity contribution is -0.642. The van der Waals surface area contributed by atoms with Crippen LogP contribution >= 0.6 is 11.3 Å². The number of halogens is 1. The zero-order valence-corrected chi connectivity index (χ0v) is 16.3. The predicted octanol–water partition coefficient (Wildman–Crippen LogP) is 0.950. The van der Waals surface area contributed by atoms with Gasteiger partial charge in [0, 0.05) is 19.2 Å². The number of para-hydroxylation sites is 1. The molecule has 0 fully saturated rings. The maximum Gasteiger partial charge on any atom is 0.262 e. The number of hydrogen-bond acceptors (Lipinski definition) is 3. The van der Waals surface area contributed by atoms with Gasteiger partial charge in [0.05, 0.1) is 12.8 Å². The first-order valence-electron chi connectivity index (χ1n) is 7.14. The van der Waals surface area contributed by atoms with Gasteiger partial charge in [-0.15, -0.1) is 0 Å². The highest BCUT2D eigenvalue weighted by Crippen LogP contribution is 2.26. The van der Waals surface area contributed by atoms with Gasteiger partial charge in [0.2, 0.25) is 5.52 Å². The van der Waals surface area contributed by atoms with Gasteiger partial charge in [0.15, 0.2) is 0 Å². The molecule has 0 unspecified atom stereocenters. The van der Waals surface area contributed by atoms with Crippen molar-refractivity contribution in [1.82, 2.24) is 0 Å². The van der Waals surface area contributed by atoms with Gasteiger partial charge < -0.3 is 34.0 Å². The SMILES string of the molecule is CNc1ccc(/C=C/c2sc3ccccc3[n+]2C)cc1OC.[I-]. The van der Waals surface area contributed by atoms with Crippen LogP contribution in [-0.4, -0.2) is 14.2 Å². The fraction of sp³-hybridized carbons (Fsp3) is 0.167. The molecule has 0 bridgehead atoms. The van der Waals surface area contributed by atoms with Gasteiger partial charge in [-0.25, -0.2) is 0 Å². The lowest BCUT2D eigenvalue weighted by Gasteiger charge is -2.08. The molecule has 0 radical (unpaired) electrons. The molecule has 3 nitrogen and oxygen atoms in total. The van der Waals surface area contributed by atoms with Crippen molar-refractivity contribution in [3.05, 3.63) is 53.0 Å². The van der Waals surface area contributed by atoms with Crippen LogP contribution in [-0.2, 0) is 7.05 Å². The molecule has 0 spiro atoms. The van der Waals surface area contributed by atoms with E-state index >= 15 is 0 Å². The van der Waals surface area contributed by atoms with Gasteiger partial charge in [-0.05, 0) is 29.8 Å². The van der Waals surface area contributed by atoms with Gasteiger partial charge in [-0.1, -0.05) is 29.5 Å². The summed E-state index contributed by atoms with van der Waals surface area (Å²) in [4.78, 5) is 0. The Kier molecular flexibility index (Phi) is 6.01. The molecular weight excluding hydrogens is 419 g/mol. The van der Waals surface area contributed by atoms with Gasteiger partial charge in [-0.3, -0.25) is 0 Å². The number of methoxy groups -OCH3 is 1. The fourth-order valence-corrected chi connectivity index (χ4v) is 3.50. The van der Waals surface area contributed by atoms with Gasteiger partial charge in [-0.2, -0.15) is 4.57 Å². The average molecular weight is 438 g/mol. The summed E-state index contributed by atoms with van der Waals surface area (Å²) >= 11 is 1.79. The van der Waals surface area contributed by atoms with E-state index in [-0.39, 0.29) is 24.0 Å². The molecule has 1 N–H and O–H groups in total. The maximum atomic E-state index is 5.40. The summed E-state index contributed by atoms with van der Waals surface area (Å²) in [7, 11) is 5.68. The highest BCUT2D eigenvalue weighted by molar-refractivity contribution is 7.18. The van der Waals surface area contributed by atoms with Crippen LogP contribution in [0.4, 0.5) is 5.69 Å². The Bertz CT molecular complexity index is 842. The number of ether oxygens (including phenoxy) is 1. The highest BCUT2D eigenvalue weighted by atomic mass is 127. The predicted molar refractivity (Wildman–Crippen MR) is 94.5 cm³/mol. The minimum absolute atomic E-state index is 0. The number of rotatable bonds is 4. The number of thiazole rings is 1. The molecule has 23 heavy (non-hydrogen) atoms. The Hall–Kier alpha value is -1.60. The van der Waals surface area contributed by atoms with Crippen LogP contribution in [0.1, 0.15) is 10.6 Å². The third kappa shape index (κ3) is 3.67. The van der Waals surface area contributed by atoms with Crippen LogP contribution in [0.15, 0.2) is 42.5 Å². The van der Waals surface area contributed by atoms with Crippen LogP contribution in [0.5, 0.6) is 5.75 Å². The number of anilines is 1. The Labute approximate surface area is 157 Å². The topological polar surface area (TPSA) is 25.1 Å². The molecule has 0 saturated heterocycles. The van der Waals surface area contributed by atoms with Crippen molar-refractivity contribution < 1.29 is 33.3 Å². The Morgan fingerprint density at radius 1 is 1.13 bits per heavy atom. The molecule has 0 aliphatic rings. The molecule has 3 rings (SSSR count). The van der Waals surface area contributed by atoms with Crippen molar-refractivity contribution in [1.29, 1.82) is 0 Å². The van der Waals surface area contributed by atoms with E-state index in [1.54, 1.807) is 18.4 Å². The summed E-state index contributed by atoms with van der Waals surface area (Å²) in [6.45, 7) is 0. The summed E-state index contributed by atoms with van der Waals surface area (Å²) in [5.74, 6) is 0.852.